The molecule has 1 rings (SSSR count). The Morgan fingerprint density at radius 2 is 1.93 bits per heavy atom. The molecule has 0 aliphatic carbocycles. The van der Waals surface area contributed by atoms with Gasteiger partial charge in [-0.3, -0.25) is 0 Å². The molecule has 0 unspecified atom stereocenters. The molecule has 0 amide bonds. The molecule has 0 spiro atoms. The molecule has 0 saturated heterocycles. The lowest BCUT2D eigenvalue weighted by molar-refractivity contribution is 0.414. The number of sulfonamides is 1. The molecule has 0 fully saturated rings. The number of nitrogens with two attached hydrogens (primary N) is 1. The van der Waals surface area contributed by atoms with E-state index < -0.39 is 10.0 Å². The SMILES string of the molecule is C=C(Cc1ccc(OC)cc1)S(N)(=O)=O. The molecular weight excluding hydrogens is 214 g/mol. The van der Waals surface area contributed by atoms with Gasteiger partial charge in [0.1, 0.15) is 5.75 Å². The summed E-state index contributed by atoms with van der Waals surface area (Å²) in [7, 11) is -2.07. The summed E-state index contributed by atoms with van der Waals surface area (Å²) in [6.45, 7) is 3.42. The van der Waals surface area contributed by atoms with Gasteiger partial charge in [-0.15, -0.1) is 0 Å². The molecule has 0 heterocycles. The first-order chi connectivity index (χ1) is 6.93. The van der Waals surface area contributed by atoms with E-state index in [9.17, 15) is 8.42 Å². The summed E-state index contributed by atoms with van der Waals surface area (Å²) in [5.74, 6) is 0.722. The number of ether oxygens (including phenoxy) is 1. The summed E-state index contributed by atoms with van der Waals surface area (Å²) < 4.78 is 26.8. The lowest BCUT2D eigenvalue weighted by atomic mass is 10.1. The monoisotopic (exact) mass is 227 g/mol. The quantitative estimate of drug-likeness (QED) is 0.835. The second kappa shape index (κ2) is 4.46. The van der Waals surface area contributed by atoms with Crippen LogP contribution in [-0.4, -0.2) is 15.5 Å². The molecule has 1 aromatic carbocycles. The highest BCUT2D eigenvalue weighted by Crippen LogP contribution is 2.14. The number of hydrogen-bond acceptors (Lipinski definition) is 3. The minimum Gasteiger partial charge on any atom is -0.497 e. The highest BCUT2D eigenvalue weighted by atomic mass is 32.2. The third-order valence-corrected chi connectivity index (χ3v) is 2.91. The van der Waals surface area contributed by atoms with E-state index in [0.717, 1.165) is 11.3 Å². The van der Waals surface area contributed by atoms with Crippen LogP contribution in [0.1, 0.15) is 5.56 Å². The van der Waals surface area contributed by atoms with Crippen molar-refractivity contribution >= 4 is 10.0 Å². The molecule has 82 valence electrons. The van der Waals surface area contributed by atoms with Crippen LogP contribution in [0.4, 0.5) is 0 Å². The molecule has 0 aliphatic rings. The second-order valence-electron chi connectivity index (χ2n) is 3.11. The minimum absolute atomic E-state index is 0.00710. The fourth-order valence-electron chi connectivity index (χ4n) is 1.07. The van der Waals surface area contributed by atoms with Gasteiger partial charge in [0, 0.05) is 6.42 Å². The van der Waals surface area contributed by atoms with Crippen LogP contribution in [0, 0.1) is 0 Å². The van der Waals surface area contributed by atoms with Gasteiger partial charge in [-0.05, 0) is 17.7 Å². The van der Waals surface area contributed by atoms with E-state index in [1.165, 1.54) is 0 Å². The number of methoxy groups -OCH3 is 1. The maximum absolute atomic E-state index is 10.9. The number of primary sulfonamides is 1. The van der Waals surface area contributed by atoms with Crippen LogP contribution in [0.5, 0.6) is 5.75 Å². The number of rotatable bonds is 4. The lowest BCUT2D eigenvalue weighted by Crippen LogP contribution is -2.15. The predicted octanol–water partition coefficient (Wildman–Crippen LogP) is 1.04. The van der Waals surface area contributed by atoms with Gasteiger partial charge in [0.2, 0.25) is 10.0 Å². The summed E-state index contributed by atoms with van der Waals surface area (Å²) >= 11 is 0. The second-order valence-corrected chi connectivity index (χ2v) is 4.78. The largest absolute Gasteiger partial charge is 0.497 e. The summed E-state index contributed by atoms with van der Waals surface area (Å²) in [5, 5.41) is 4.93. The Morgan fingerprint density at radius 1 is 1.40 bits per heavy atom. The molecule has 0 saturated carbocycles. The number of benzene rings is 1. The van der Waals surface area contributed by atoms with Gasteiger partial charge >= 0.3 is 0 Å². The number of allylic oxidation sites excluding steroid dienone is 1. The zero-order valence-corrected chi connectivity index (χ0v) is 9.25. The van der Waals surface area contributed by atoms with Crippen molar-refractivity contribution < 1.29 is 13.2 Å². The van der Waals surface area contributed by atoms with Crippen LogP contribution in [0.2, 0.25) is 0 Å². The topological polar surface area (TPSA) is 69.4 Å². The van der Waals surface area contributed by atoms with Crippen LogP contribution in [0.25, 0.3) is 0 Å². The van der Waals surface area contributed by atoms with Gasteiger partial charge in [-0.1, -0.05) is 18.7 Å². The fourth-order valence-corrected chi connectivity index (χ4v) is 1.44. The smallest absolute Gasteiger partial charge is 0.233 e. The van der Waals surface area contributed by atoms with E-state index in [0.29, 0.717) is 0 Å². The molecular formula is C10H13NO3S. The average Bonchev–Trinajstić information content (AvgIpc) is 2.17. The Hall–Kier alpha value is -1.33. The van der Waals surface area contributed by atoms with Crippen molar-refractivity contribution in [3.63, 3.8) is 0 Å². The Labute approximate surface area is 89.4 Å². The summed E-state index contributed by atoms with van der Waals surface area (Å²) in [6.07, 6.45) is 0.225. The summed E-state index contributed by atoms with van der Waals surface area (Å²) in [6, 6.07) is 7.06. The Balaban J connectivity index is 2.78. The zero-order valence-electron chi connectivity index (χ0n) is 8.43. The standard InChI is InChI=1S/C10H13NO3S/c1-8(15(11,12)13)7-9-3-5-10(14-2)6-4-9/h3-6H,1,7H2,2H3,(H2,11,12,13). The molecule has 15 heavy (non-hydrogen) atoms. The first kappa shape index (κ1) is 11.7. The molecule has 1 aromatic rings. The van der Waals surface area contributed by atoms with Gasteiger partial charge in [0.15, 0.2) is 0 Å². The van der Waals surface area contributed by atoms with E-state index in [1.807, 2.05) is 0 Å². The van der Waals surface area contributed by atoms with Gasteiger partial charge in [0.05, 0.1) is 12.0 Å². The van der Waals surface area contributed by atoms with Crippen molar-refractivity contribution in [3.8, 4) is 5.75 Å². The Kier molecular flexibility index (Phi) is 3.49. The predicted molar refractivity (Wildman–Crippen MR) is 58.9 cm³/mol. The third-order valence-electron chi connectivity index (χ3n) is 1.96. The van der Waals surface area contributed by atoms with Crippen LogP contribution < -0.4 is 9.88 Å². The van der Waals surface area contributed by atoms with Crippen molar-refractivity contribution in [1.29, 1.82) is 0 Å². The molecule has 5 heteroatoms. The highest BCUT2D eigenvalue weighted by molar-refractivity contribution is 7.93. The molecule has 4 nitrogen and oxygen atoms in total. The van der Waals surface area contributed by atoms with Crippen LogP contribution in [0.3, 0.4) is 0 Å². The van der Waals surface area contributed by atoms with E-state index in [1.54, 1.807) is 31.4 Å². The minimum atomic E-state index is -3.64. The van der Waals surface area contributed by atoms with Crippen LogP contribution >= 0.6 is 0 Å². The van der Waals surface area contributed by atoms with Crippen LogP contribution in [-0.2, 0) is 16.4 Å². The Morgan fingerprint density at radius 3 is 2.33 bits per heavy atom. The van der Waals surface area contributed by atoms with Crippen molar-refractivity contribution in [2.45, 2.75) is 6.42 Å². The summed E-state index contributed by atoms with van der Waals surface area (Å²) in [4.78, 5) is 0.00710. The number of hydrogen-bond donors (Lipinski definition) is 1. The normalized spacial score (nSPS) is 11.1. The van der Waals surface area contributed by atoms with E-state index in [4.69, 9.17) is 9.88 Å². The molecule has 0 bridgehead atoms. The van der Waals surface area contributed by atoms with Crippen molar-refractivity contribution in [1.82, 2.24) is 0 Å². The fraction of sp³-hybridized carbons (Fsp3) is 0.200. The van der Waals surface area contributed by atoms with Crippen molar-refractivity contribution in [2.24, 2.45) is 5.14 Å². The molecule has 0 aliphatic heterocycles. The van der Waals surface area contributed by atoms with Gasteiger partial charge in [0.25, 0.3) is 0 Å². The van der Waals surface area contributed by atoms with Crippen molar-refractivity contribution in [3.05, 3.63) is 41.3 Å². The first-order valence-corrected chi connectivity index (χ1v) is 5.81. The van der Waals surface area contributed by atoms with Crippen molar-refractivity contribution in [2.75, 3.05) is 7.11 Å². The Bertz CT molecular complexity index is 448. The molecule has 0 aromatic heterocycles. The molecule has 0 atom stereocenters. The molecule has 2 N–H and O–H groups in total. The summed E-state index contributed by atoms with van der Waals surface area (Å²) in [5.41, 5.74) is 0.829. The maximum atomic E-state index is 10.9. The molecule has 0 radical (unpaired) electrons. The van der Waals surface area contributed by atoms with E-state index in [-0.39, 0.29) is 11.3 Å². The van der Waals surface area contributed by atoms with Gasteiger partial charge < -0.3 is 4.74 Å². The highest BCUT2D eigenvalue weighted by Gasteiger charge is 2.09. The van der Waals surface area contributed by atoms with Gasteiger partial charge in [-0.2, -0.15) is 0 Å². The maximum Gasteiger partial charge on any atom is 0.233 e. The van der Waals surface area contributed by atoms with E-state index in [2.05, 4.69) is 6.58 Å². The van der Waals surface area contributed by atoms with Gasteiger partial charge in [-0.25, -0.2) is 13.6 Å². The first-order valence-electron chi connectivity index (χ1n) is 4.27. The zero-order chi connectivity index (χ0) is 11.5. The lowest BCUT2D eigenvalue weighted by Gasteiger charge is -2.04. The third kappa shape index (κ3) is 3.38. The van der Waals surface area contributed by atoms with E-state index >= 15 is 0 Å². The average molecular weight is 227 g/mol. The van der Waals surface area contributed by atoms with Crippen LogP contribution in [0.15, 0.2) is 35.7 Å².